The molecule has 0 unspecified atom stereocenters. The fourth-order valence-electron chi connectivity index (χ4n) is 3.41. The van der Waals surface area contributed by atoms with Crippen LogP contribution in [0.3, 0.4) is 0 Å². The van der Waals surface area contributed by atoms with Crippen molar-refractivity contribution in [2.24, 2.45) is 0 Å². The molecule has 1 aliphatic heterocycles. The number of allylic oxidation sites excluding steroid dienone is 4. The Hall–Kier alpha value is -2.74. The standard InChI is InChI=1S/C22H22N2/c1-2-24-16-18-12-13-19(23-15-17-8-4-3-5-9-17)14-21(18)20-10-6-7-11-22(20)24/h3-9,11-14,16,23H,2,10,15H2,1H3. The van der Waals surface area contributed by atoms with Crippen molar-refractivity contribution in [1.29, 1.82) is 0 Å². The minimum Gasteiger partial charge on any atom is -0.381 e. The summed E-state index contributed by atoms with van der Waals surface area (Å²) in [6.07, 6.45) is 9.91. The maximum Gasteiger partial charge on any atom is 0.0448 e. The third-order valence-corrected chi connectivity index (χ3v) is 4.68. The zero-order valence-corrected chi connectivity index (χ0v) is 14.0. The molecule has 0 saturated heterocycles. The molecular weight excluding hydrogens is 292 g/mol. The Balaban J connectivity index is 1.70. The summed E-state index contributed by atoms with van der Waals surface area (Å²) < 4.78 is 0. The topological polar surface area (TPSA) is 15.3 Å². The van der Waals surface area contributed by atoms with Crippen LogP contribution in [-0.2, 0) is 6.54 Å². The molecule has 0 spiro atoms. The highest BCUT2D eigenvalue weighted by atomic mass is 15.1. The van der Waals surface area contributed by atoms with Crippen LogP contribution in [0.5, 0.6) is 0 Å². The lowest BCUT2D eigenvalue weighted by atomic mass is 9.96. The SMILES string of the molecule is CCN1C=c2ccc(NCc3ccccc3)cc2=C2CC=CC=C21. The second kappa shape index (κ2) is 6.40. The number of anilines is 1. The molecule has 2 aromatic carbocycles. The van der Waals surface area contributed by atoms with Gasteiger partial charge in [0.2, 0.25) is 0 Å². The van der Waals surface area contributed by atoms with E-state index in [4.69, 9.17) is 0 Å². The summed E-state index contributed by atoms with van der Waals surface area (Å²) in [6.45, 7) is 4.05. The van der Waals surface area contributed by atoms with Gasteiger partial charge in [-0.3, -0.25) is 0 Å². The van der Waals surface area contributed by atoms with Crippen LogP contribution < -0.4 is 15.8 Å². The van der Waals surface area contributed by atoms with Gasteiger partial charge in [-0.05, 0) is 53.1 Å². The number of nitrogens with zero attached hydrogens (tertiary/aromatic N) is 1. The van der Waals surface area contributed by atoms with Gasteiger partial charge in [-0.25, -0.2) is 0 Å². The predicted molar refractivity (Wildman–Crippen MR) is 102 cm³/mol. The number of rotatable bonds is 4. The lowest BCUT2D eigenvalue weighted by Gasteiger charge is -2.29. The van der Waals surface area contributed by atoms with Gasteiger partial charge in [-0.15, -0.1) is 0 Å². The van der Waals surface area contributed by atoms with E-state index < -0.39 is 0 Å². The molecule has 2 nitrogen and oxygen atoms in total. The van der Waals surface area contributed by atoms with Gasteiger partial charge in [-0.1, -0.05) is 48.6 Å². The Morgan fingerprint density at radius 3 is 2.79 bits per heavy atom. The minimum atomic E-state index is 0.850. The lowest BCUT2D eigenvalue weighted by Crippen LogP contribution is -2.38. The van der Waals surface area contributed by atoms with Crippen LogP contribution in [0.1, 0.15) is 18.9 Å². The Bertz CT molecular complexity index is 920. The monoisotopic (exact) mass is 314 g/mol. The Morgan fingerprint density at radius 2 is 1.96 bits per heavy atom. The van der Waals surface area contributed by atoms with Crippen molar-refractivity contribution < 1.29 is 0 Å². The Morgan fingerprint density at radius 1 is 1.08 bits per heavy atom. The third-order valence-electron chi connectivity index (χ3n) is 4.68. The highest BCUT2D eigenvalue weighted by Crippen LogP contribution is 2.25. The molecule has 24 heavy (non-hydrogen) atoms. The highest BCUT2D eigenvalue weighted by Gasteiger charge is 2.17. The first-order valence-corrected chi connectivity index (χ1v) is 8.62. The molecule has 1 aliphatic carbocycles. The molecule has 0 aromatic heterocycles. The van der Waals surface area contributed by atoms with Gasteiger partial charge in [0, 0.05) is 30.7 Å². The molecule has 2 aromatic rings. The molecule has 4 rings (SSSR count). The highest BCUT2D eigenvalue weighted by molar-refractivity contribution is 5.72. The summed E-state index contributed by atoms with van der Waals surface area (Å²) in [5.41, 5.74) is 5.25. The van der Waals surface area contributed by atoms with Crippen molar-refractivity contribution in [1.82, 2.24) is 4.90 Å². The van der Waals surface area contributed by atoms with E-state index in [1.807, 2.05) is 0 Å². The normalized spacial score (nSPS) is 15.3. The fourth-order valence-corrected chi connectivity index (χ4v) is 3.41. The first kappa shape index (κ1) is 14.8. The minimum absolute atomic E-state index is 0.850. The van der Waals surface area contributed by atoms with Crippen molar-refractivity contribution in [3.8, 4) is 0 Å². The van der Waals surface area contributed by atoms with E-state index >= 15 is 0 Å². The summed E-state index contributed by atoms with van der Waals surface area (Å²) >= 11 is 0. The van der Waals surface area contributed by atoms with Crippen LogP contribution in [-0.4, -0.2) is 11.4 Å². The van der Waals surface area contributed by atoms with Crippen molar-refractivity contribution in [2.45, 2.75) is 19.9 Å². The predicted octanol–water partition coefficient (Wildman–Crippen LogP) is 3.37. The van der Waals surface area contributed by atoms with Crippen molar-refractivity contribution in [3.05, 3.63) is 88.5 Å². The first-order chi connectivity index (χ1) is 11.8. The zero-order chi connectivity index (χ0) is 16.4. The second-order valence-corrected chi connectivity index (χ2v) is 6.22. The largest absolute Gasteiger partial charge is 0.381 e. The molecule has 1 heterocycles. The molecule has 2 aliphatic rings. The van der Waals surface area contributed by atoms with Crippen LogP contribution in [0.15, 0.2) is 72.5 Å². The maximum atomic E-state index is 3.55. The van der Waals surface area contributed by atoms with Crippen LogP contribution in [0.2, 0.25) is 0 Å². The first-order valence-electron chi connectivity index (χ1n) is 8.62. The summed E-state index contributed by atoms with van der Waals surface area (Å²) in [6, 6.07) is 17.2. The molecule has 0 fully saturated rings. The number of hydrogen-bond donors (Lipinski definition) is 1. The second-order valence-electron chi connectivity index (χ2n) is 6.22. The summed E-state index contributed by atoms with van der Waals surface area (Å²) in [5.74, 6) is 0. The molecule has 0 radical (unpaired) electrons. The van der Waals surface area contributed by atoms with Gasteiger partial charge in [0.15, 0.2) is 0 Å². The summed E-state index contributed by atoms with van der Waals surface area (Å²) in [5, 5.41) is 6.22. The molecule has 120 valence electrons. The third kappa shape index (κ3) is 2.76. The average Bonchev–Trinajstić information content (AvgIpc) is 2.66. The van der Waals surface area contributed by atoms with Gasteiger partial charge in [0.05, 0.1) is 0 Å². The molecule has 0 saturated carbocycles. The van der Waals surface area contributed by atoms with Crippen LogP contribution >= 0.6 is 0 Å². The molecule has 0 bridgehead atoms. The summed E-state index contributed by atoms with van der Waals surface area (Å²) in [7, 11) is 0. The van der Waals surface area contributed by atoms with E-state index in [1.165, 1.54) is 33.0 Å². The van der Waals surface area contributed by atoms with Gasteiger partial charge < -0.3 is 10.2 Å². The number of nitrogens with one attached hydrogen (secondary N) is 1. The van der Waals surface area contributed by atoms with E-state index in [9.17, 15) is 0 Å². The molecular formula is C22H22N2. The van der Waals surface area contributed by atoms with E-state index in [-0.39, 0.29) is 0 Å². The van der Waals surface area contributed by atoms with E-state index in [2.05, 4.69) is 90.1 Å². The van der Waals surface area contributed by atoms with E-state index in [0.29, 0.717) is 0 Å². The quantitative estimate of drug-likeness (QED) is 0.931. The van der Waals surface area contributed by atoms with Gasteiger partial charge in [0.1, 0.15) is 0 Å². The van der Waals surface area contributed by atoms with Crippen LogP contribution in [0.25, 0.3) is 11.8 Å². The summed E-state index contributed by atoms with van der Waals surface area (Å²) in [4.78, 5) is 2.35. The lowest BCUT2D eigenvalue weighted by molar-refractivity contribution is 0.546. The zero-order valence-electron chi connectivity index (χ0n) is 14.0. The average molecular weight is 314 g/mol. The number of hydrogen-bond acceptors (Lipinski definition) is 2. The van der Waals surface area contributed by atoms with Crippen LogP contribution in [0, 0.1) is 0 Å². The Labute approximate surface area is 143 Å². The van der Waals surface area contributed by atoms with Crippen molar-refractivity contribution in [3.63, 3.8) is 0 Å². The van der Waals surface area contributed by atoms with E-state index in [0.717, 1.165) is 19.5 Å². The smallest absolute Gasteiger partial charge is 0.0448 e. The van der Waals surface area contributed by atoms with Gasteiger partial charge in [-0.2, -0.15) is 0 Å². The van der Waals surface area contributed by atoms with Crippen molar-refractivity contribution in [2.75, 3.05) is 11.9 Å². The van der Waals surface area contributed by atoms with Gasteiger partial charge in [0.25, 0.3) is 0 Å². The Kier molecular flexibility index (Phi) is 3.96. The fraction of sp³-hybridized carbons (Fsp3) is 0.182. The molecule has 0 atom stereocenters. The van der Waals surface area contributed by atoms with Crippen LogP contribution in [0.4, 0.5) is 5.69 Å². The molecule has 1 N–H and O–H groups in total. The maximum absolute atomic E-state index is 3.55. The number of fused-ring (bicyclic) bond motifs is 2. The molecule has 2 heteroatoms. The van der Waals surface area contributed by atoms with Gasteiger partial charge >= 0.3 is 0 Å². The molecule has 0 amide bonds. The van der Waals surface area contributed by atoms with E-state index in [1.54, 1.807) is 0 Å². The number of benzene rings is 2. The van der Waals surface area contributed by atoms with Crippen molar-refractivity contribution >= 4 is 17.5 Å².